The predicted octanol–water partition coefficient (Wildman–Crippen LogP) is 21.1. The van der Waals surface area contributed by atoms with Crippen LogP contribution in [0.1, 0.15) is 356 Å². The molecule has 0 radical (unpaired) electrons. The third-order valence-electron chi connectivity index (χ3n) is 16.6. The minimum absolute atomic E-state index is 0.101. The van der Waals surface area contributed by atoms with Gasteiger partial charge in [0.2, 0.25) is 0 Å². The number of unbranched alkanes of at least 4 members (excludes halogenated alkanes) is 38. The second-order valence-electron chi connectivity index (χ2n) is 27.0. The summed E-state index contributed by atoms with van der Waals surface area (Å²) in [5.74, 6) is -0.651. The molecule has 5 atom stereocenters. The monoisotopic (exact) mass is 1360 g/mol. The Morgan fingerprint density at radius 3 is 0.882 bits per heavy atom. The molecule has 17 nitrogen and oxygen atoms in total. The molecule has 93 heavy (non-hydrogen) atoms. The van der Waals surface area contributed by atoms with Gasteiger partial charge >= 0.3 is 39.5 Å². The second-order valence-corrected chi connectivity index (χ2v) is 29.9. The van der Waals surface area contributed by atoms with Crippen LogP contribution in [0, 0.1) is 11.8 Å². The van der Waals surface area contributed by atoms with Crippen LogP contribution in [0.4, 0.5) is 0 Å². The van der Waals surface area contributed by atoms with Gasteiger partial charge in [0.15, 0.2) is 12.2 Å². The Labute approximate surface area is 567 Å². The maximum atomic E-state index is 13.1. The second kappa shape index (κ2) is 65.5. The summed E-state index contributed by atoms with van der Waals surface area (Å²) in [6, 6.07) is 0. The van der Waals surface area contributed by atoms with E-state index in [0.717, 1.165) is 115 Å². The van der Waals surface area contributed by atoms with Gasteiger partial charge in [-0.15, -0.1) is 0 Å². The Hall–Kier alpha value is -2.46. The zero-order valence-electron chi connectivity index (χ0n) is 60.0. The van der Waals surface area contributed by atoms with Crippen molar-refractivity contribution in [1.82, 2.24) is 0 Å². The topological polar surface area (TPSA) is 237 Å². The van der Waals surface area contributed by atoms with Gasteiger partial charge in [-0.25, -0.2) is 9.13 Å². The van der Waals surface area contributed by atoms with Crippen LogP contribution in [0.2, 0.25) is 0 Å². The Morgan fingerprint density at radius 1 is 0.333 bits per heavy atom. The molecular formula is C74H140O17P2. The van der Waals surface area contributed by atoms with Crippen molar-refractivity contribution in [3.05, 3.63) is 24.3 Å². The number of ether oxygens (including phenoxy) is 4. The van der Waals surface area contributed by atoms with Crippen molar-refractivity contribution in [2.45, 2.75) is 374 Å². The van der Waals surface area contributed by atoms with E-state index in [1.807, 2.05) is 0 Å². The van der Waals surface area contributed by atoms with E-state index in [4.69, 9.17) is 37.0 Å². The van der Waals surface area contributed by atoms with E-state index in [2.05, 4.69) is 65.8 Å². The summed E-state index contributed by atoms with van der Waals surface area (Å²) in [5, 5.41) is 10.6. The molecule has 0 spiro atoms. The van der Waals surface area contributed by atoms with Gasteiger partial charge in [0.1, 0.15) is 19.3 Å². The number of hydrogen-bond donors (Lipinski definition) is 3. The first-order chi connectivity index (χ1) is 44.9. The van der Waals surface area contributed by atoms with Crippen LogP contribution < -0.4 is 0 Å². The van der Waals surface area contributed by atoms with Crippen LogP contribution >= 0.6 is 15.6 Å². The summed E-state index contributed by atoms with van der Waals surface area (Å²) < 4.78 is 68.3. The number of rotatable bonds is 71. The number of allylic oxidation sites excluding steroid dienone is 4. The highest BCUT2D eigenvalue weighted by atomic mass is 31.2. The third kappa shape index (κ3) is 67.9. The van der Waals surface area contributed by atoms with E-state index in [-0.39, 0.29) is 25.7 Å². The summed E-state index contributed by atoms with van der Waals surface area (Å²) >= 11 is 0. The highest BCUT2D eigenvalue weighted by molar-refractivity contribution is 7.47. The third-order valence-corrected chi connectivity index (χ3v) is 18.5. The average Bonchev–Trinajstić information content (AvgIpc) is 1.68. The van der Waals surface area contributed by atoms with Gasteiger partial charge < -0.3 is 33.8 Å². The molecule has 0 saturated heterocycles. The lowest BCUT2D eigenvalue weighted by Crippen LogP contribution is -2.30. The smallest absolute Gasteiger partial charge is 0.462 e. The van der Waals surface area contributed by atoms with Gasteiger partial charge in [-0.05, 0) is 63.2 Å². The van der Waals surface area contributed by atoms with Crippen molar-refractivity contribution >= 4 is 39.5 Å². The maximum Gasteiger partial charge on any atom is 0.472 e. The number of phosphoric acid groups is 2. The van der Waals surface area contributed by atoms with Crippen LogP contribution in [0.15, 0.2) is 24.3 Å². The molecule has 3 N–H and O–H groups in total. The molecule has 2 unspecified atom stereocenters. The Bertz CT molecular complexity index is 1900. The molecule has 0 heterocycles. The lowest BCUT2D eigenvalue weighted by atomic mass is 10.0. The fourth-order valence-corrected chi connectivity index (χ4v) is 12.3. The van der Waals surface area contributed by atoms with Gasteiger partial charge in [-0.2, -0.15) is 0 Å². The van der Waals surface area contributed by atoms with Crippen LogP contribution in [0.5, 0.6) is 0 Å². The summed E-state index contributed by atoms with van der Waals surface area (Å²) in [6.45, 7) is 9.46. The summed E-state index contributed by atoms with van der Waals surface area (Å²) in [4.78, 5) is 72.6. The molecule has 0 aromatic rings. The molecule has 0 amide bonds. The molecule has 0 saturated carbocycles. The van der Waals surface area contributed by atoms with Gasteiger partial charge in [0, 0.05) is 25.7 Å². The first-order valence-electron chi connectivity index (χ1n) is 37.8. The average molecular weight is 1360 g/mol. The quantitative estimate of drug-likeness (QED) is 0.0169. The molecule has 0 aromatic carbocycles. The first kappa shape index (κ1) is 90.5. The van der Waals surface area contributed by atoms with Gasteiger partial charge in [0.05, 0.1) is 26.4 Å². The number of carbonyl (C=O) groups is 4. The summed E-state index contributed by atoms with van der Waals surface area (Å²) in [5.41, 5.74) is 0. The zero-order valence-corrected chi connectivity index (χ0v) is 61.8. The van der Waals surface area contributed by atoms with E-state index < -0.39 is 97.5 Å². The fourth-order valence-electron chi connectivity index (χ4n) is 10.8. The van der Waals surface area contributed by atoms with E-state index in [9.17, 15) is 43.2 Å². The molecule has 19 heteroatoms. The van der Waals surface area contributed by atoms with Crippen molar-refractivity contribution < 1.29 is 80.2 Å². The summed E-state index contributed by atoms with van der Waals surface area (Å²) in [7, 11) is -9.91. The highest BCUT2D eigenvalue weighted by Gasteiger charge is 2.30. The van der Waals surface area contributed by atoms with Crippen molar-refractivity contribution in [1.29, 1.82) is 0 Å². The SMILES string of the molecule is CCCCCC/C=C\C=C/CCCCCCCC(=O)OC[C@H](COP(=O)(O)OC[C@@H](O)COP(=O)(O)OC[C@@H](COC(=O)CCCCCCCCCCC)OC(=O)CCCCCCCCCC(C)C)OC(=O)CCCCCCCCCCCCCCCCCCC(C)C. The van der Waals surface area contributed by atoms with E-state index in [0.29, 0.717) is 31.6 Å². The predicted molar refractivity (Wildman–Crippen MR) is 377 cm³/mol. The maximum absolute atomic E-state index is 13.1. The van der Waals surface area contributed by atoms with Crippen LogP contribution in [-0.4, -0.2) is 96.7 Å². The number of phosphoric ester groups is 2. The van der Waals surface area contributed by atoms with Crippen LogP contribution in [0.25, 0.3) is 0 Å². The Morgan fingerprint density at radius 2 is 0.581 bits per heavy atom. The number of hydrogen-bond acceptors (Lipinski definition) is 15. The van der Waals surface area contributed by atoms with Crippen molar-refractivity contribution in [2.75, 3.05) is 39.6 Å². The van der Waals surface area contributed by atoms with Crippen LogP contribution in [0.3, 0.4) is 0 Å². The molecule has 0 fully saturated rings. The molecule has 0 aliphatic rings. The van der Waals surface area contributed by atoms with E-state index >= 15 is 0 Å². The number of aliphatic hydroxyl groups excluding tert-OH is 1. The Balaban J connectivity index is 5.24. The molecular weight excluding hydrogens is 1220 g/mol. The van der Waals surface area contributed by atoms with E-state index in [1.165, 1.54) is 154 Å². The number of esters is 4. The molecule has 0 aliphatic heterocycles. The molecule has 0 aliphatic carbocycles. The minimum atomic E-state index is -4.96. The summed E-state index contributed by atoms with van der Waals surface area (Å²) in [6.07, 6.45) is 55.1. The largest absolute Gasteiger partial charge is 0.472 e. The highest BCUT2D eigenvalue weighted by Crippen LogP contribution is 2.45. The number of carbonyl (C=O) groups excluding carboxylic acids is 4. The first-order valence-corrected chi connectivity index (χ1v) is 40.8. The number of aliphatic hydroxyl groups is 1. The van der Waals surface area contributed by atoms with E-state index in [1.54, 1.807) is 0 Å². The normalized spacial score (nSPS) is 14.2. The van der Waals surface area contributed by atoms with Crippen molar-refractivity contribution in [2.24, 2.45) is 11.8 Å². The van der Waals surface area contributed by atoms with Gasteiger partial charge in [0.25, 0.3) is 0 Å². The molecule has 548 valence electrons. The lowest BCUT2D eigenvalue weighted by molar-refractivity contribution is -0.161. The zero-order chi connectivity index (χ0) is 68.6. The Kier molecular flexibility index (Phi) is 63.7. The standard InChI is InChI=1S/C74H140O17P2/c1-7-9-11-13-15-17-18-19-22-26-29-33-39-45-51-57-72(77)85-62-69(90-73(78)58-52-46-40-34-30-27-24-21-20-23-25-28-32-36-42-48-54-66(3)4)64-88-92(80,81)86-60-68(75)61-87-93(82,83)89-65-70(63-84-71(76)56-50-44-38-31-16-14-12-10-8-2)91-74(79)59-53-47-41-35-37-43-49-55-67(5)6/h17-19,22,66-70,75H,7-16,20-21,23-65H2,1-6H3,(H,80,81)(H,82,83)/b18-17-,22-19-/t68-,69-,70-/m1/s1. The molecule has 0 rings (SSSR count). The fraction of sp³-hybridized carbons (Fsp3) is 0.892. The molecule has 0 bridgehead atoms. The minimum Gasteiger partial charge on any atom is -0.462 e. The van der Waals surface area contributed by atoms with Crippen LogP contribution in [-0.2, 0) is 65.4 Å². The van der Waals surface area contributed by atoms with Gasteiger partial charge in [-0.3, -0.25) is 37.3 Å². The van der Waals surface area contributed by atoms with Crippen molar-refractivity contribution in [3.63, 3.8) is 0 Å². The molecule has 0 aromatic heterocycles. The van der Waals surface area contributed by atoms with Gasteiger partial charge in [-0.1, -0.05) is 303 Å². The lowest BCUT2D eigenvalue weighted by Gasteiger charge is -2.21. The van der Waals surface area contributed by atoms with Crippen molar-refractivity contribution in [3.8, 4) is 0 Å².